The fraction of sp³-hybridized carbons (Fsp3) is 0.357. The van der Waals surface area contributed by atoms with Crippen LogP contribution in [0.25, 0.3) is 0 Å². The molecule has 1 unspecified atom stereocenters. The number of aliphatic hydroxyl groups excluding tert-OH is 2. The number of hydrogen-bond acceptors (Lipinski definition) is 6. The fourth-order valence-electron chi connectivity index (χ4n) is 1.78. The van der Waals surface area contributed by atoms with Crippen LogP contribution >= 0.6 is 0 Å². The SMILES string of the molecule is N#CC(C#N)=CC(=O)OCC1(CO)C=CC=C(CO)C1. The molecule has 1 rings (SSSR count). The number of nitrogens with zero attached hydrogens (tertiary/aromatic N) is 2. The third-order valence-corrected chi connectivity index (χ3v) is 2.88. The van der Waals surface area contributed by atoms with Gasteiger partial charge in [0.25, 0.3) is 0 Å². The lowest BCUT2D eigenvalue weighted by atomic mass is 9.80. The van der Waals surface area contributed by atoms with Gasteiger partial charge in [0, 0.05) is 5.41 Å². The summed E-state index contributed by atoms with van der Waals surface area (Å²) in [5, 5.41) is 35.6. The van der Waals surface area contributed by atoms with Gasteiger partial charge in [-0.15, -0.1) is 0 Å². The third-order valence-electron chi connectivity index (χ3n) is 2.88. The van der Waals surface area contributed by atoms with E-state index < -0.39 is 11.4 Å². The van der Waals surface area contributed by atoms with Gasteiger partial charge in [-0.05, 0) is 12.0 Å². The van der Waals surface area contributed by atoms with Gasteiger partial charge in [-0.2, -0.15) is 10.5 Å². The summed E-state index contributed by atoms with van der Waals surface area (Å²) in [6.45, 7) is -0.481. The van der Waals surface area contributed by atoms with E-state index in [1.807, 2.05) is 0 Å². The van der Waals surface area contributed by atoms with Crippen LogP contribution in [0.15, 0.2) is 35.5 Å². The van der Waals surface area contributed by atoms with E-state index >= 15 is 0 Å². The standard InChI is InChI=1S/C14H14N2O4/c15-6-12(7-16)4-13(19)20-10-14(9-18)3-1-2-11(5-14)8-17/h1-4,17-18H,5,8-10H2. The van der Waals surface area contributed by atoms with Gasteiger partial charge in [-0.1, -0.05) is 18.2 Å². The average molecular weight is 274 g/mol. The molecule has 1 aliphatic carbocycles. The van der Waals surface area contributed by atoms with Crippen LogP contribution in [-0.4, -0.2) is 36.0 Å². The van der Waals surface area contributed by atoms with Crippen LogP contribution < -0.4 is 0 Å². The Kier molecular flexibility index (Phi) is 5.67. The molecule has 0 amide bonds. The molecule has 0 aromatic heterocycles. The molecule has 0 aromatic rings. The van der Waals surface area contributed by atoms with Crippen molar-refractivity contribution in [1.82, 2.24) is 0 Å². The summed E-state index contributed by atoms with van der Waals surface area (Å²) in [6, 6.07) is 3.11. The Morgan fingerprint density at radius 1 is 1.45 bits per heavy atom. The molecule has 2 N–H and O–H groups in total. The molecule has 0 bridgehead atoms. The summed E-state index contributed by atoms with van der Waals surface area (Å²) in [5.41, 5.74) is -0.401. The summed E-state index contributed by atoms with van der Waals surface area (Å²) < 4.78 is 4.97. The van der Waals surface area contributed by atoms with Gasteiger partial charge in [0.2, 0.25) is 0 Å². The molecule has 1 aliphatic rings. The second-order valence-electron chi connectivity index (χ2n) is 4.43. The normalized spacial score (nSPS) is 20.3. The fourth-order valence-corrected chi connectivity index (χ4v) is 1.78. The lowest BCUT2D eigenvalue weighted by Crippen LogP contribution is -2.32. The molecule has 0 spiro atoms. The zero-order valence-electron chi connectivity index (χ0n) is 10.7. The molecule has 0 fully saturated rings. The predicted octanol–water partition coefficient (Wildman–Crippen LogP) is 0.360. The highest BCUT2D eigenvalue weighted by atomic mass is 16.5. The topological polar surface area (TPSA) is 114 Å². The number of ether oxygens (including phenoxy) is 1. The number of rotatable bonds is 5. The second-order valence-corrected chi connectivity index (χ2v) is 4.43. The molecule has 6 heteroatoms. The second kappa shape index (κ2) is 7.25. The summed E-state index contributed by atoms with van der Waals surface area (Å²) in [5.74, 6) is -0.815. The van der Waals surface area contributed by atoms with E-state index in [0.29, 0.717) is 6.42 Å². The minimum atomic E-state index is -0.815. The van der Waals surface area contributed by atoms with Gasteiger partial charge in [0.15, 0.2) is 0 Å². The first-order valence-corrected chi connectivity index (χ1v) is 5.87. The molecule has 1 atom stereocenters. The first-order chi connectivity index (χ1) is 9.59. The smallest absolute Gasteiger partial charge is 0.332 e. The van der Waals surface area contributed by atoms with Crippen molar-refractivity contribution in [1.29, 1.82) is 10.5 Å². The van der Waals surface area contributed by atoms with Gasteiger partial charge in [-0.25, -0.2) is 4.79 Å². The Bertz CT molecular complexity index is 533. The van der Waals surface area contributed by atoms with Gasteiger partial charge in [0.1, 0.15) is 24.3 Å². The molecule has 0 radical (unpaired) electrons. The van der Waals surface area contributed by atoms with Crippen LogP contribution in [0, 0.1) is 28.1 Å². The van der Waals surface area contributed by atoms with Gasteiger partial charge in [0.05, 0.1) is 19.3 Å². The number of aliphatic hydroxyl groups is 2. The lowest BCUT2D eigenvalue weighted by Gasteiger charge is -2.30. The maximum Gasteiger partial charge on any atom is 0.332 e. The van der Waals surface area contributed by atoms with Crippen LogP contribution in [-0.2, 0) is 9.53 Å². The van der Waals surface area contributed by atoms with Crippen molar-refractivity contribution in [2.45, 2.75) is 6.42 Å². The quantitative estimate of drug-likeness (QED) is 0.425. The van der Waals surface area contributed by atoms with E-state index in [1.54, 1.807) is 30.4 Å². The Balaban J connectivity index is 2.69. The van der Waals surface area contributed by atoms with Crippen molar-refractivity contribution >= 4 is 5.97 Å². The third kappa shape index (κ3) is 4.06. The van der Waals surface area contributed by atoms with Crippen molar-refractivity contribution in [3.8, 4) is 12.1 Å². The number of carbonyl (C=O) groups is 1. The average Bonchev–Trinajstić information content (AvgIpc) is 2.50. The minimum absolute atomic E-state index is 0.100. The van der Waals surface area contributed by atoms with Crippen LogP contribution in [0.4, 0.5) is 0 Å². The van der Waals surface area contributed by atoms with Crippen molar-refractivity contribution < 1.29 is 19.7 Å². The van der Waals surface area contributed by atoms with Gasteiger partial charge >= 0.3 is 5.97 Å². The Morgan fingerprint density at radius 3 is 2.70 bits per heavy atom. The highest BCUT2D eigenvalue weighted by molar-refractivity contribution is 5.84. The van der Waals surface area contributed by atoms with Crippen LogP contribution in [0.5, 0.6) is 0 Å². The maximum atomic E-state index is 11.5. The van der Waals surface area contributed by atoms with E-state index in [4.69, 9.17) is 20.4 Å². The molecule has 104 valence electrons. The van der Waals surface area contributed by atoms with Crippen LogP contribution in [0.2, 0.25) is 0 Å². The van der Waals surface area contributed by atoms with Crippen LogP contribution in [0.3, 0.4) is 0 Å². The predicted molar refractivity (Wildman–Crippen MR) is 68.7 cm³/mol. The van der Waals surface area contributed by atoms with E-state index in [9.17, 15) is 9.90 Å². The first-order valence-electron chi connectivity index (χ1n) is 5.87. The number of nitriles is 2. The molecule has 20 heavy (non-hydrogen) atoms. The molecule has 0 heterocycles. The van der Waals surface area contributed by atoms with E-state index in [0.717, 1.165) is 11.6 Å². The number of esters is 1. The van der Waals surface area contributed by atoms with E-state index in [-0.39, 0.29) is 25.4 Å². The summed E-state index contributed by atoms with van der Waals surface area (Å²) in [4.78, 5) is 11.5. The van der Waals surface area contributed by atoms with E-state index in [2.05, 4.69) is 0 Å². The van der Waals surface area contributed by atoms with Crippen LogP contribution in [0.1, 0.15) is 6.42 Å². The number of hydrogen-bond donors (Lipinski definition) is 2. The molecule has 0 saturated carbocycles. The monoisotopic (exact) mass is 274 g/mol. The number of carbonyl (C=O) groups excluding carboxylic acids is 1. The summed E-state index contributed by atoms with van der Waals surface area (Å²) in [6.07, 6.45) is 6.31. The van der Waals surface area contributed by atoms with Gasteiger partial charge in [-0.3, -0.25) is 0 Å². The number of allylic oxidation sites excluding steroid dienone is 3. The first kappa shape index (κ1) is 15.6. The molecule has 6 nitrogen and oxygen atoms in total. The molecule has 0 aliphatic heterocycles. The highest BCUT2D eigenvalue weighted by Gasteiger charge is 2.31. The van der Waals surface area contributed by atoms with Crippen molar-refractivity contribution in [2.75, 3.05) is 19.8 Å². The summed E-state index contributed by atoms with van der Waals surface area (Å²) in [7, 11) is 0. The summed E-state index contributed by atoms with van der Waals surface area (Å²) >= 11 is 0. The van der Waals surface area contributed by atoms with Crippen molar-refractivity contribution in [2.24, 2.45) is 5.41 Å². The Labute approximate surface area is 116 Å². The van der Waals surface area contributed by atoms with E-state index in [1.165, 1.54) is 0 Å². The molecular weight excluding hydrogens is 260 g/mol. The van der Waals surface area contributed by atoms with Gasteiger partial charge < -0.3 is 14.9 Å². The maximum absolute atomic E-state index is 11.5. The molecule has 0 aromatic carbocycles. The largest absolute Gasteiger partial charge is 0.461 e. The highest BCUT2D eigenvalue weighted by Crippen LogP contribution is 2.31. The Hall–Kier alpha value is -2.41. The lowest BCUT2D eigenvalue weighted by molar-refractivity contribution is -0.141. The molecular formula is C14H14N2O4. The molecule has 0 saturated heterocycles. The Morgan fingerprint density at radius 2 is 2.15 bits per heavy atom. The van der Waals surface area contributed by atoms with Crippen molar-refractivity contribution in [3.05, 3.63) is 35.5 Å². The zero-order valence-corrected chi connectivity index (χ0v) is 10.7. The zero-order chi connectivity index (χ0) is 15.0. The minimum Gasteiger partial charge on any atom is -0.461 e. The van der Waals surface area contributed by atoms with Crippen molar-refractivity contribution in [3.63, 3.8) is 0 Å².